The Hall–Kier alpha value is -0.740. The number of nitrogens with zero attached hydrogens (tertiary/aromatic N) is 1. The van der Waals surface area contributed by atoms with Crippen molar-refractivity contribution in [3.8, 4) is 0 Å². The number of halogens is 2. The highest BCUT2D eigenvalue weighted by molar-refractivity contribution is 9.10. The van der Waals surface area contributed by atoms with E-state index in [1.807, 2.05) is 13.8 Å². The third kappa shape index (κ3) is 2.61. The molecule has 0 amide bonds. The van der Waals surface area contributed by atoms with Crippen LogP contribution in [-0.2, 0) is 0 Å². The van der Waals surface area contributed by atoms with Crippen LogP contribution in [0.15, 0.2) is 22.7 Å². The number of rotatable bonds is 4. The second-order valence-corrected chi connectivity index (χ2v) is 6.11. The van der Waals surface area contributed by atoms with E-state index in [2.05, 4.69) is 20.8 Å². The predicted molar refractivity (Wildman–Crippen MR) is 77.9 cm³/mol. The molecule has 1 heterocycles. The van der Waals surface area contributed by atoms with Crippen molar-refractivity contribution in [1.82, 2.24) is 4.90 Å². The summed E-state index contributed by atoms with van der Waals surface area (Å²) in [7, 11) is 0. The Kier molecular flexibility index (Phi) is 4.41. The van der Waals surface area contributed by atoms with Crippen LogP contribution in [0.4, 0.5) is 4.39 Å². The van der Waals surface area contributed by atoms with E-state index < -0.39 is 11.4 Å². The normalized spacial score (nSPS) is 19.4. The Bertz CT molecular complexity index is 485. The van der Waals surface area contributed by atoms with Gasteiger partial charge in [-0.05, 0) is 67.3 Å². The molecule has 2 nitrogen and oxygen atoms in total. The van der Waals surface area contributed by atoms with Crippen LogP contribution < -0.4 is 0 Å². The minimum absolute atomic E-state index is 0.115. The van der Waals surface area contributed by atoms with Crippen LogP contribution in [0.1, 0.15) is 43.5 Å². The molecule has 0 bridgehead atoms. The topological polar surface area (TPSA) is 20.3 Å². The van der Waals surface area contributed by atoms with Crippen LogP contribution in [0.25, 0.3) is 0 Å². The molecule has 1 aliphatic heterocycles. The number of carbonyl (C=O) groups is 1. The van der Waals surface area contributed by atoms with Gasteiger partial charge in [-0.1, -0.05) is 13.0 Å². The van der Waals surface area contributed by atoms with Gasteiger partial charge in [0.2, 0.25) is 0 Å². The first-order chi connectivity index (χ1) is 9.00. The van der Waals surface area contributed by atoms with Crippen molar-refractivity contribution in [2.45, 2.75) is 38.6 Å². The van der Waals surface area contributed by atoms with Crippen molar-refractivity contribution in [1.29, 1.82) is 0 Å². The van der Waals surface area contributed by atoms with Crippen molar-refractivity contribution >= 4 is 21.7 Å². The molecule has 0 radical (unpaired) electrons. The Balaban J connectivity index is 2.37. The maximum atomic E-state index is 14.1. The molecule has 0 N–H and O–H groups in total. The number of likely N-dealkylation sites (tertiary alicyclic amines) is 1. The van der Waals surface area contributed by atoms with E-state index >= 15 is 0 Å². The van der Waals surface area contributed by atoms with Gasteiger partial charge >= 0.3 is 0 Å². The molecule has 0 aliphatic carbocycles. The maximum Gasteiger partial charge on any atom is 0.185 e. The van der Waals surface area contributed by atoms with E-state index in [1.165, 1.54) is 0 Å². The monoisotopic (exact) mass is 327 g/mol. The summed E-state index contributed by atoms with van der Waals surface area (Å²) in [6.45, 7) is 5.77. The van der Waals surface area contributed by atoms with E-state index in [0.29, 0.717) is 10.9 Å². The number of Topliss-reactive ketones (excluding diaryl/α,β-unsaturated/α-hetero) is 1. The Morgan fingerprint density at radius 1 is 1.42 bits per heavy atom. The fourth-order valence-corrected chi connectivity index (χ4v) is 3.07. The molecule has 1 unspecified atom stereocenters. The van der Waals surface area contributed by atoms with Crippen LogP contribution in [0.5, 0.6) is 0 Å². The number of hydrogen-bond acceptors (Lipinski definition) is 2. The minimum atomic E-state index is -0.599. The van der Waals surface area contributed by atoms with Crippen molar-refractivity contribution in [2.75, 3.05) is 13.1 Å². The molecule has 1 atom stereocenters. The first-order valence-corrected chi connectivity index (χ1v) is 7.54. The lowest BCUT2D eigenvalue weighted by Gasteiger charge is -2.36. The zero-order chi connectivity index (χ0) is 14.0. The van der Waals surface area contributed by atoms with Gasteiger partial charge in [-0.2, -0.15) is 0 Å². The third-order valence-corrected chi connectivity index (χ3v) is 4.79. The molecule has 104 valence electrons. The summed E-state index contributed by atoms with van der Waals surface area (Å²) in [6.07, 6.45) is 2.92. The zero-order valence-electron chi connectivity index (χ0n) is 11.4. The van der Waals surface area contributed by atoms with Crippen molar-refractivity contribution in [2.24, 2.45) is 0 Å². The van der Waals surface area contributed by atoms with Gasteiger partial charge in [0.1, 0.15) is 5.82 Å². The molecule has 2 rings (SSSR count). The van der Waals surface area contributed by atoms with E-state index in [-0.39, 0.29) is 11.3 Å². The molecule has 1 saturated heterocycles. The molecular formula is C15H19BrFNO. The van der Waals surface area contributed by atoms with Crippen LogP contribution in [0.2, 0.25) is 0 Å². The van der Waals surface area contributed by atoms with Crippen LogP contribution in [0.3, 0.4) is 0 Å². The summed E-state index contributed by atoms with van der Waals surface area (Å²) in [4.78, 5) is 14.9. The van der Waals surface area contributed by atoms with Gasteiger partial charge in [-0.25, -0.2) is 4.39 Å². The number of ketones is 1. The molecule has 0 spiro atoms. The summed E-state index contributed by atoms with van der Waals surface area (Å²) >= 11 is 3.15. The predicted octanol–water partition coefficient (Wildman–Crippen LogP) is 4.04. The number of benzene rings is 1. The lowest BCUT2D eigenvalue weighted by molar-refractivity contribution is 0.0643. The number of hydrogen-bond donors (Lipinski definition) is 0. The first-order valence-electron chi connectivity index (χ1n) is 6.74. The van der Waals surface area contributed by atoms with E-state index in [1.54, 1.807) is 18.2 Å². The van der Waals surface area contributed by atoms with Gasteiger partial charge in [-0.3, -0.25) is 9.69 Å². The Morgan fingerprint density at radius 2 is 2.05 bits per heavy atom. The van der Waals surface area contributed by atoms with E-state index in [4.69, 9.17) is 0 Å². The van der Waals surface area contributed by atoms with Gasteiger partial charge in [0, 0.05) is 0 Å². The summed E-state index contributed by atoms with van der Waals surface area (Å²) in [5, 5.41) is 0. The molecule has 0 aromatic heterocycles. The largest absolute Gasteiger partial charge is 0.292 e. The smallest absolute Gasteiger partial charge is 0.185 e. The van der Waals surface area contributed by atoms with Crippen molar-refractivity contribution in [3.63, 3.8) is 0 Å². The molecular weight excluding hydrogens is 309 g/mol. The molecule has 4 heteroatoms. The lowest BCUT2D eigenvalue weighted by Crippen LogP contribution is -2.50. The fraction of sp³-hybridized carbons (Fsp3) is 0.533. The summed E-state index contributed by atoms with van der Waals surface area (Å²) in [6, 6.07) is 4.90. The van der Waals surface area contributed by atoms with Crippen LogP contribution in [0, 0.1) is 5.82 Å². The zero-order valence-corrected chi connectivity index (χ0v) is 13.0. The van der Waals surface area contributed by atoms with Crippen LogP contribution >= 0.6 is 15.9 Å². The first kappa shape index (κ1) is 14.7. The molecule has 1 aromatic carbocycles. The second-order valence-electron chi connectivity index (χ2n) is 5.25. The SMILES string of the molecule is CCC(C)(C(=O)c1cccc(Br)c1F)N1CCCC1. The highest BCUT2D eigenvalue weighted by atomic mass is 79.9. The molecule has 1 fully saturated rings. The Labute approximate surface area is 122 Å². The summed E-state index contributed by atoms with van der Waals surface area (Å²) in [5.41, 5.74) is -0.413. The summed E-state index contributed by atoms with van der Waals surface area (Å²) < 4.78 is 14.5. The second kappa shape index (κ2) is 5.71. The van der Waals surface area contributed by atoms with Gasteiger partial charge in [-0.15, -0.1) is 0 Å². The number of carbonyl (C=O) groups excluding carboxylic acids is 1. The Morgan fingerprint density at radius 3 is 2.63 bits per heavy atom. The van der Waals surface area contributed by atoms with Gasteiger partial charge in [0.25, 0.3) is 0 Å². The average molecular weight is 328 g/mol. The van der Waals surface area contributed by atoms with Crippen molar-refractivity contribution < 1.29 is 9.18 Å². The van der Waals surface area contributed by atoms with E-state index in [9.17, 15) is 9.18 Å². The lowest BCUT2D eigenvalue weighted by atomic mass is 9.87. The quantitative estimate of drug-likeness (QED) is 0.778. The van der Waals surface area contributed by atoms with Gasteiger partial charge in [0.05, 0.1) is 15.6 Å². The van der Waals surface area contributed by atoms with Gasteiger partial charge in [0.15, 0.2) is 5.78 Å². The van der Waals surface area contributed by atoms with Gasteiger partial charge < -0.3 is 0 Å². The highest BCUT2D eigenvalue weighted by Gasteiger charge is 2.40. The van der Waals surface area contributed by atoms with Crippen molar-refractivity contribution in [3.05, 3.63) is 34.1 Å². The fourth-order valence-electron chi connectivity index (χ4n) is 2.71. The van der Waals surface area contributed by atoms with E-state index in [0.717, 1.165) is 25.9 Å². The molecule has 1 aliphatic rings. The molecule has 0 saturated carbocycles. The highest BCUT2D eigenvalue weighted by Crippen LogP contribution is 2.30. The maximum absolute atomic E-state index is 14.1. The van der Waals surface area contributed by atoms with Crippen LogP contribution in [-0.4, -0.2) is 29.3 Å². The summed E-state index contributed by atoms with van der Waals surface area (Å²) in [5.74, 6) is -0.568. The third-order valence-electron chi connectivity index (χ3n) is 4.18. The standard InChI is InChI=1S/C15H19BrFNO/c1-3-15(2,18-9-4-5-10-18)14(19)11-7-6-8-12(16)13(11)17/h6-8H,3-5,9-10H2,1-2H3. The average Bonchev–Trinajstić information content (AvgIpc) is 2.94. The molecule has 1 aromatic rings. The minimum Gasteiger partial charge on any atom is -0.292 e. The molecule has 19 heavy (non-hydrogen) atoms.